The number of allylic oxidation sites excluding steroid dienone is 5. The Labute approximate surface area is 451 Å². The molecule has 0 bridgehead atoms. The van der Waals surface area contributed by atoms with Crippen LogP contribution >= 0.6 is 0 Å². The highest BCUT2D eigenvalue weighted by atomic mass is 16.7. The number of unbranched alkanes of at least 4 members (excludes halogenated alkanes) is 41. The van der Waals surface area contributed by atoms with Crippen molar-refractivity contribution < 1.29 is 39.8 Å². The molecule has 9 heteroatoms. The predicted octanol–water partition coefficient (Wildman–Crippen LogP) is 16.3. The van der Waals surface area contributed by atoms with E-state index in [4.69, 9.17) is 9.47 Å². The number of carbonyl (C=O) groups excluding carboxylic acids is 1. The molecule has 1 amide bonds. The van der Waals surface area contributed by atoms with Gasteiger partial charge < -0.3 is 40.3 Å². The van der Waals surface area contributed by atoms with Gasteiger partial charge in [0, 0.05) is 6.42 Å². The van der Waals surface area contributed by atoms with Crippen molar-refractivity contribution in [1.29, 1.82) is 0 Å². The molecular formula is C64H121NO8. The Bertz CT molecular complexity index is 1240. The van der Waals surface area contributed by atoms with Gasteiger partial charge in [0.15, 0.2) is 6.29 Å². The fourth-order valence-electron chi connectivity index (χ4n) is 10.2. The largest absolute Gasteiger partial charge is 0.394 e. The number of amides is 1. The van der Waals surface area contributed by atoms with Gasteiger partial charge in [-0.05, 0) is 51.4 Å². The molecule has 6 N–H and O–H groups in total. The van der Waals surface area contributed by atoms with E-state index in [1.165, 1.54) is 231 Å². The van der Waals surface area contributed by atoms with Crippen LogP contribution in [-0.4, -0.2) is 87.5 Å². The van der Waals surface area contributed by atoms with Crippen molar-refractivity contribution in [2.24, 2.45) is 0 Å². The molecule has 0 spiro atoms. The Kier molecular flexibility index (Phi) is 51.2. The molecule has 1 aliphatic rings. The molecule has 0 radical (unpaired) electrons. The van der Waals surface area contributed by atoms with Gasteiger partial charge in [-0.25, -0.2) is 0 Å². The van der Waals surface area contributed by atoms with Crippen LogP contribution in [0, 0.1) is 0 Å². The minimum atomic E-state index is -1.57. The summed E-state index contributed by atoms with van der Waals surface area (Å²) < 4.78 is 11.3. The molecule has 0 aromatic carbocycles. The van der Waals surface area contributed by atoms with Crippen LogP contribution < -0.4 is 5.32 Å². The lowest BCUT2D eigenvalue weighted by molar-refractivity contribution is -0.302. The first-order chi connectivity index (χ1) is 35.8. The van der Waals surface area contributed by atoms with Crippen molar-refractivity contribution in [2.75, 3.05) is 13.2 Å². The Morgan fingerprint density at radius 3 is 1.19 bits per heavy atom. The van der Waals surface area contributed by atoms with Gasteiger partial charge in [0.2, 0.25) is 5.91 Å². The minimum absolute atomic E-state index is 0.181. The molecular weight excluding hydrogens is 911 g/mol. The summed E-state index contributed by atoms with van der Waals surface area (Å²) in [7, 11) is 0. The van der Waals surface area contributed by atoms with Crippen LogP contribution in [0.3, 0.4) is 0 Å². The average molecular weight is 1030 g/mol. The molecule has 0 aromatic heterocycles. The molecule has 1 aliphatic heterocycles. The molecule has 73 heavy (non-hydrogen) atoms. The third kappa shape index (κ3) is 43.1. The second-order valence-electron chi connectivity index (χ2n) is 22.2. The van der Waals surface area contributed by atoms with Gasteiger partial charge in [-0.3, -0.25) is 4.79 Å². The van der Waals surface area contributed by atoms with Crippen LogP contribution in [0.2, 0.25) is 0 Å². The second kappa shape index (κ2) is 53.8. The monoisotopic (exact) mass is 1030 g/mol. The zero-order valence-electron chi connectivity index (χ0n) is 47.9. The number of ether oxygens (including phenoxy) is 2. The summed E-state index contributed by atoms with van der Waals surface area (Å²) in [6.07, 6.45) is 63.8. The number of rotatable bonds is 55. The van der Waals surface area contributed by atoms with Gasteiger partial charge in [0.25, 0.3) is 0 Å². The normalized spacial score (nSPS) is 19.2. The van der Waals surface area contributed by atoms with Crippen molar-refractivity contribution >= 4 is 5.91 Å². The number of aliphatic hydroxyl groups is 5. The minimum Gasteiger partial charge on any atom is -0.394 e. The van der Waals surface area contributed by atoms with Gasteiger partial charge >= 0.3 is 0 Å². The third-order valence-corrected chi connectivity index (χ3v) is 15.2. The molecule has 0 aliphatic carbocycles. The first-order valence-corrected chi connectivity index (χ1v) is 31.7. The van der Waals surface area contributed by atoms with Crippen molar-refractivity contribution in [3.63, 3.8) is 0 Å². The zero-order valence-corrected chi connectivity index (χ0v) is 47.9. The molecule has 0 aromatic rings. The smallest absolute Gasteiger partial charge is 0.220 e. The Morgan fingerprint density at radius 1 is 0.466 bits per heavy atom. The van der Waals surface area contributed by atoms with Gasteiger partial charge in [-0.15, -0.1) is 0 Å². The standard InChI is InChI=1S/C64H121NO8/c1-3-5-7-9-11-13-15-17-19-21-23-24-25-26-27-28-29-30-31-32-33-34-35-36-37-39-41-43-45-47-49-51-53-58(67)57(56-72-64-63(71)62(70)61(69)59(55-66)73-64)65-60(68)54-52-50-48-46-44-42-40-38-22-20-18-16-14-12-10-8-6-4-2/h14,16,20,22,51,53,57-59,61-64,66-67,69-71H,3-13,15,17-19,21,23-50,52,54-56H2,1-2H3,(H,65,68)/b16-14-,22-20-,53-51+. The van der Waals surface area contributed by atoms with Crippen molar-refractivity contribution in [3.8, 4) is 0 Å². The number of carbonyl (C=O) groups is 1. The average Bonchev–Trinajstić information content (AvgIpc) is 3.39. The van der Waals surface area contributed by atoms with E-state index in [9.17, 15) is 30.3 Å². The number of aliphatic hydroxyl groups excluding tert-OH is 5. The highest BCUT2D eigenvalue weighted by Gasteiger charge is 2.44. The first-order valence-electron chi connectivity index (χ1n) is 31.7. The highest BCUT2D eigenvalue weighted by Crippen LogP contribution is 2.23. The zero-order chi connectivity index (χ0) is 52.9. The van der Waals surface area contributed by atoms with Gasteiger partial charge in [0.05, 0.1) is 25.4 Å². The van der Waals surface area contributed by atoms with Crippen LogP contribution in [0.4, 0.5) is 0 Å². The van der Waals surface area contributed by atoms with Crippen molar-refractivity contribution in [1.82, 2.24) is 5.32 Å². The second-order valence-corrected chi connectivity index (χ2v) is 22.2. The molecule has 1 saturated heterocycles. The van der Waals surface area contributed by atoms with Crippen LogP contribution in [0.15, 0.2) is 36.5 Å². The quantitative estimate of drug-likeness (QED) is 0.0261. The lowest BCUT2D eigenvalue weighted by atomic mass is 9.99. The van der Waals surface area contributed by atoms with Gasteiger partial charge in [0.1, 0.15) is 24.4 Å². The first kappa shape index (κ1) is 69.4. The summed E-state index contributed by atoms with van der Waals surface area (Å²) in [6, 6.07) is -0.810. The lowest BCUT2D eigenvalue weighted by Crippen LogP contribution is -2.60. The summed E-state index contributed by atoms with van der Waals surface area (Å²) in [5, 5.41) is 54.6. The molecule has 7 atom stereocenters. The molecule has 1 rings (SSSR count). The van der Waals surface area contributed by atoms with E-state index < -0.39 is 49.5 Å². The number of nitrogens with one attached hydrogen (secondary N) is 1. The van der Waals surface area contributed by atoms with E-state index in [0.29, 0.717) is 6.42 Å². The van der Waals surface area contributed by atoms with Crippen LogP contribution in [0.25, 0.3) is 0 Å². The van der Waals surface area contributed by atoms with Crippen LogP contribution in [0.5, 0.6) is 0 Å². The Hall–Kier alpha value is -1.59. The molecule has 7 unspecified atom stereocenters. The number of hydrogen-bond donors (Lipinski definition) is 6. The molecule has 0 saturated carbocycles. The summed E-state index contributed by atoms with van der Waals surface area (Å²) >= 11 is 0. The van der Waals surface area contributed by atoms with E-state index in [-0.39, 0.29) is 12.5 Å². The van der Waals surface area contributed by atoms with E-state index in [1.807, 2.05) is 6.08 Å². The highest BCUT2D eigenvalue weighted by molar-refractivity contribution is 5.76. The molecule has 1 fully saturated rings. The lowest BCUT2D eigenvalue weighted by Gasteiger charge is -2.40. The summed E-state index contributed by atoms with van der Waals surface area (Å²) in [5.74, 6) is -0.181. The third-order valence-electron chi connectivity index (χ3n) is 15.2. The molecule has 1 heterocycles. The Balaban J connectivity index is 2.15. The maximum atomic E-state index is 13.1. The van der Waals surface area contributed by atoms with Crippen molar-refractivity contribution in [3.05, 3.63) is 36.5 Å². The van der Waals surface area contributed by atoms with Gasteiger partial charge in [-0.1, -0.05) is 288 Å². The number of hydrogen-bond acceptors (Lipinski definition) is 8. The predicted molar refractivity (Wildman–Crippen MR) is 309 cm³/mol. The van der Waals surface area contributed by atoms with Crippen molar-refractivity contribution in [2.45, 2.75) is 352 Å². The fraction of sp³-hybridized carbons (Fsp3) is 0.891. The topological polar surface area (TPSA) is 149 Å². The maximum absolute atomic E-state index is 13.1. The summed E-state index contributed by atoms with van der Waals surface area (Å²) in [4.78, 5) is 13.1. The van der Waals surface area contributed by atoms with Crippen LogP contribution in [0.1, 0.15) is 309 Å². The van der Waals surface area contributed by atoms with E-state index in [0.717, 1.165) is 57.8 Å². The van der Waals surface area contributed by atoms with Gasteiger partial charge in [-0.2, -0.15) is 0 Å². The SMILES string of the molecule is CCCCCC/C=C\C/C=C\CCCCCCCCCC(=O)NC(COC1OC(CO)C(O)C(O)C1O)C(O)/C=C/CCCCCCCCCCCCCCCCCCCCCCCCCCCCCCCC. The summed E-state index contributed by atoms with van der Waals surface area (Å²) in [6.45, 7) is 3.79. The summed E-state index contributed by atoms with van der Waals surface area (Å²) in [5.41, 5.74) is 0. The molecule has 9 nitrogen and oxygen atoms in total. The fourth-order valence-corrected chi connectivity index (χ4v) is 10.2. The van der Waals surface area contributed by atoms with E-state index in [1.54, 1.807) is 6.08 Å². The maximum Gasteiger partial charge on any atom is 0.220 e. The van der Waals surface area contributed by atoms with E-state index in [2.05, 4.69) is 43.5 Å². The molecule has 430 valence electrons. The Morgan fingerprint density at radius 2 is 0.808 bits per heavy atom. The van der Waals surface area contributed by atoms with E-state index >= 15 is 0 Å². The van der Waals surface area contributed by atoms with Crippen LogP contribution in [-0.2, 0) is 14.3 Å².